The molecule has 6 nitrogen and oxygen atoms in total. The van der Waals surface area contributed by atoms with Gasteiger partial charge in [0.2, 0.25) is 0 Å². The third-order valence-electron chi connectivity index (χ3n) is 4.78. The molecule has 3 saturated heterocycles. The molecule has 1 aromatic rings. The molecule has 2 atom stereocenters. The highest BCUT2D eigenvalue weighted by Gasteiger charge is 2.30. The van der Waals surface area contributed by atoms with Crippen LogP contribution in [0.1, 0.15) is 24.4 Å². The van der Waals surface area contributed by atoms with Gasteiger partial charge in [0.25, 0.3) is 0 Å². The fraction of sp³-hybridized carbons (Fsp3) is 0.722. The van der Waals surface area contributed by atoms with E-state index in [-0.39, 0.29) is 6.03 Å². The monoisotopic (exact) mass is 366 g/mol. The van der Waals surface area contributed by atoms with Crippen molar-refractivity contribution < 1.29 is 9.21 Å². The van der Waals surface area contributed by atoms with E-state index in [1.807, 2.05) is 31.1 Å². The van der Waals surface area contributed by atoms with E-state index >= 15 is 0 Å². The number of carbonyl (C=O) groups excluding carboxylic acids is 1. The Balaban J connectivity index is 1.32. The van der Waals surface area contributed by atoms with Crippen molar-refractivity contribution in [1.82, 2.24) is 20.4 Å². The van der Waals surface area contributed by atoms with Crippen LogP contribution in [0.15, 0.2) is 16.5 Å². The fourth-order valence-corrected chi connectivity index (χ4v) is 4.26. The largest absolute Gasteiger partial charge is 0.464 e. The van der Waals surface area contributed by atoms with Gasteiger partial charge in [-0.25, -0.2) is 4.79 Å². The summed E-state index contributed by atoms with van der Waals surface area (Å²) in [6.07, 6.45) is 2.44. The molecule has 3 aliphatic rings. The second-order valence-corrected chi connectivity index (χ2v) is 8.45. The van der Waals surface area contributed by atoms with Gasteiger partial charge in [0.15, 0.2) is 0 Å². The van der Waals surface area contributed by atoms with Gasteiger partial charge in [0.1, 0.15) is 11.5 Å². The van der Waals surface area contributed by atoms with Crippen LogP contribution < -0.4 is 10.6 Å². The Morgan fingerprint density at radius 1 is 1.36 bits per heavy atom. The molecule has 25 heavy (non-hydrogen) atoms. The summed E-state index contributed by atoms with van der Waals surface area (Å²) >= 11 is 1.79. The average Bonchev–Trinajstić information content (AvgIpc) is 2.81. The van der Waals surface area contributed by atoms with Crippen molar-refractivity contribution >= 4 is 17.8 Å². The van der Waals surface area contributed by atoms with Gasteiger partial charge in [-0.15, -0.1) is 0 Å². The number of carbonyl (C=O) groups is 1. The van der Waals surface area contributed by atoms with Crippen molar-refractivity contribution in [2.45, 2.75) is 31.2 Å². The maximum Gasteiger partial charge on any atom is 0.317 e. The van der Waals surface area contributed by atoms with Gasteiger partial charge in [0, 0.05) is 31.4 Å². The zero-order valence-electron chi connectivity index (χ0n) is 15.3. The van der Waals surface area contributed by atoms with Crippen LogP contribution in [0.5, 0.6) is 0 Å². The number of nitrogens with one attached hydrogen (secondary N) is 2. The number of furan rings is 1. The number of nitrogens with zero attached hydrogens (tertiary/aromatic N) is 2. The van der Waals surface area contributed by atoms with Crippen molar-refractivity contribution in [2.75, 3.05) is 46.0 Å². The topological polar surface area (TPSA) is 60.8 Å². The van der Waals surface area contributed by atoms with E-state index in [0.29, 0.717) is 18.5 Å². The van der Waals surface area contributed by atoms with Gasteiger partial charge in [-0.1, -0.05) is 0 Å². The minimum absolute atomic E-state index is 0.0902. The molecule has 7 heteroatoms. The van der Waals surface area contributed by atoms with Crippen molar-refractivity contribution in [2.24, 2.45) is 5.92 Å². The summed E-state index contributed by atoms with van der Waals surface area (Å²) in [6, 6.07) is 4.66. The summed E-state index contributed by atoms with van der Waals surface area (Å²) in [5.41, 5.74) is 0. The van der Waals surface area contributed by atoms with Gasteiger partial charge >= 0.3 is 6.03 Å². The molecule has 3 fully saturated rings. The number of hydrogen-bond donors (Lipinski definition) is 2. The van der Waals surface area contributed by atoms with Crippen molar-refractivity contribution in [1.29, 1.82) is 0 Å². The van der Waals surface area contributed by atoms with Crippen LogP contribution in [-0.2, 0) is 12.3 Å². The molecule has 1 aromatic heterocycles. The summed E-state index contributed by atoms with van der Waals surface area (Å²) in [7, 11) is 4.07. The minimum atomic E-state index is 0.0902. The van der Waals surface area contributed by atoms with Gasteiger partial charge in [-0.2, -0.15) is 11.8 Å². The number of urea groups is 1. The number of thioether (sulfide) groups is 1. The Bertz CT molecular complexity index is 541. The van der Waals surface area contributed by atoms with Crippen molar-refractivity contribution in [3.05, 3.63) is 23.7 Å². The van der Waals surface area contributed by atoms with Crippen LogP contribution in [0, 0.1) is 5.92 Å². The quantitative estimate of drug-likeness (QED) is 0.723. The zero-order valence-corrected chi connectivity index (χ0v) is 16.1. The fourth-order valence-electron chi connectivity index (χ4n) is 3.52. The number of piperidine rings is 1. The first-order chi connectivity index (χ1) is 12.1. The summed E-state index contributed by atoms with van der Waals surface area (Å²) < 4.78 is 5.80. The highest BCUT2D eigenvalue weighted by Crippen LogP contribution is 2.21. The molecule has 0 aliphatic carbocycles. The van der Waals surface area contributed by atoms with E-state index in [1.54, 1.807) is 11.8 Å². The van der Waals surface area contributed by atoms with Gasteiger partial charge in [0.05, 0.1) is 12.3 Å². The van der Waals surface area contributed by atoms with E-state index in [2.05, 4.69) is 15.5 Å². The van der Waals surface area contributed by atoms with E-state index in [1.165, 1.54) is 12.8 Å². The molecule has 4 rings (SSSR count). The molecule has 2 N–H and O–H groups in total. The lowest BCUT2D eigenvalue weighted by Gasteiger charge is -2.23. The zero-order chi connectivity index (χ0) is 17.6. The summed E-state index contributed by atoms with van der Waals surface area (Å²) in [5.74, 6) is 4.37. The average molecular weight is 367 g/mol. The Labute approximate surface area is 154 Å². The molecule has 4 heterocycles. The second-order valence-electron chi connectivity index (χ2n) is 7.34. The second kappa shape index (κ2) is 8.96. The van der Waals surface area contributed by atoms with Gasteiger partial charge in [-0.3, -0.25) is 0 Å². The van der Waals surface area contributed by atoms with E-state index < -0.39 is 0 Å². The van der Waals surface area contributed by atoms with Gasteiger partial charge in [-0.05, 0) is 51.5 Å². The Morgan fingerprint density at radius 2 is 2.20 bits per heavy atom. The first kappa shape index (κ1) is 18.6. The van der Waals surface area contributed by atoms with Gasteiger partial charge < -0.3 is 24.9 Å². The molecule has 0 unspecified atom stereocenters. The molecule has 3 aliphatic heterocycles. The van der Waals surface area contributed by atoms with E-state index in [0.717, 1.165) is 49.2 Å². The predicted molar refractivity (Wildman–Crippen MR) is 102 cm³/mol. The van der Waals surface area contributed by atoms with Crippen LogP contribution in [0.3, 0.4) is 0 Å². The predicted octanol–water partition coefficient (Wildman–Crippen LogP) is 1.97. The minimum Gasteiger partial charge on any atom is -0.464 e. The van der Waals surface area contributed by atoms with Crippen LogP contribution in [0.25, 0.3) is 0 Å². The van der Waals surface area contributed by atoms with Crippen molar-refractivity contribution in [3.63, 3.8) is 0 Å². The number of hydrogen-bond acceptors (Lipinski definition) is 5. The summed E-state index contributed by atoms with van der Waals surface area (Å²) in [5, 5.41) is 6.60. The first-order valence-electron chi connectivity index (χ1n) is 9.16. The molecule has 2 bridgehead atoms. The highest BCUT2D eigenvalue weighted by molar-refractivity contribution is 7.98. The first-order valence-corrected chi connectivity index (χ1v) is 10.3. The maximum absolute atomic E-state index is 12.4. The Kier molecular flexibility index (Phi) is 6.67. The summed E-state index contributed by atoms with van der Waals surface area (Å²) in [4.78, 5) is 16.4. The smallest absolute Gasteiger partial charge is 0.317 e. The Morgan fingerprint density at radius 3 is 2.96 bits per heavy atom. The molecule has 0 saturated carbocycles. The van der Waals surface area contributed by atoms with E-state index in [4.69, 9.17) is 4.42 Å². The number of fused-ring (bicyclic) bond motifs is 4. The number of rotatable bonds is 7. The molecule has 2 amide bonds. The van der Waals surface area contributed by atoms with Crippen LogP contribution in [0.4, 0.5) is 4.79 Å². The SMILES string of the molecule is CN(C)Cc1ccc(CSCCNC(=O)N2C[C@H]3CC[C@@H](C2)NC3)o1. The van der Waals surface area contributed by atoms with Crippen LogP contribution in [-0.4, -0.2) is 67.9 Å². The lowest BCUT2D eigenvalue weighted by molar-refractivity contribution is 0.196. The molecule has 0 spiro atoms. The van der Waals surface area contributed by atoms with Crippen LogP contribution in [0.2, 0.25) is 0 Å². The maximum atomic E-state index is 12.4. The molecule has 0 radical (unpaired) electrons. The summed E-state index contributed by atoms with van der Waals surface area (Å²) in [6.45, 7) is 4.32. The lowest BCUT2D eigenvalue weighted by Crippen LogP contribution is -2.45. The third-order valence-corrected chi connectivity index (χ3v) is 5.76. The molecule has 140 valence electrons. The lowest BCUT2D eigenvalue weighted by atomic mass is 9.97. The normalized spacial score (nSPS) is 23.1. The molecular formula is C18H30N4O2S. The number of amides is 2. The van der Waals surface area contributed by atoms with Crippen LogP contribution >= 0.6 is 11.8 Å². The van der Waals surface area contributed by atoms with Crippen molar-refractivity contribution in [3.8, 4) is 0 Å². The molecular weight excluding hydrogens is 336 g/mol. The standard InChI is InChI=1S/C18H30N4O2S/c1-21(2)12-16-5-6-17(24-16)13-25-8-7-19-18(23)22-10-14-3-4-15(11-22)20-9-14/h5-6,14-15,20H,3-4,7-13H2,1-2H3,(H,19,23)/t14-,15-/m0/s1. The highest BCUT2D eigenvalue weighted by atomic mass is 32.2. The third kappa shape index (κ3) is 5.66. The molecule has 0 aromatic carbocycles. The van der Waals surface area contributed by atoms with E-state index in [9.17, 15) is 4.79 Å². The Hall–Kier alpha value is -1.18.